The number of para-hydroxylation sites is 1. The summed E-state index contributed by atoms with van der Waals surface area (Å²) in [5.74, 6) is 0.575. The Morgan fingerprint density at radius 1 is 1.14 bits per heavy atom. The molecule has 0 aliphatic carbocycles. The highest BCUT2D eigenvalue weighted by Gasteiger charge is 2.09. The first-order chi connectivity index (χ1) is 10.4. The number of nitrogens with zero attached hydrogens (tertiary/aromatic N) is 1. The van der Waals surface area contributed by atoms with E-state index in [-0.39, 0.29) is 5.43 Å². The number of rotatable bonds is 5. The van der Waals surface area contributed by atoms with Crippen molar-refractivity contribution in [3.8, 4) is 5.69 Å². The van der Waals surface area contributed by atoms with Crippen LogP contribution in [-0.2, 0) is 6.54 Å². The molecule has 1 aromatic carbocycles. The maximum atomic E-state index is 12.2. The Hall–Kier alpha value is -1.87. The predicted octanol–water partition coefficient (Wildman–Crippen LogP) is 3.51. The van der Waals surface area contributed by atoms with Gasteiger partial charge in [0.25, 0.3) is 0 Å². The minimum atomic E-state index is 0.108. The van der Waals surface area contributed by atoms with Gasteiger partial charge in [-0.1, -0.05) is 32.0 Å². The van der Waals surface area contributed by atoms with E-state index >= 15 is 0 Å². The van der Waals surface area contributed by atoms with Crippen LogP contribution in [0.1, 0.15) is 36.2 Å². The first kappa shape index (κ1) is 16.5. The largest absolute Gasteiger partial charge is 0.320 e. The highest BCUT2D eigenvalue weighted by molar-refractivity contribution is 5.48. The highest BCUT2D eigenvalue weighted by atomic mass is 16.1. The van der Waals surface area contributed by atoms with E-state index < -0.39 is 0 Å². The molecule has 0 fully saturated rings. The van der Waals surface area contributed by atoms with E-state index in [9.17, 15) is 4.79 Å². The van der Waals surface area contributed by atoms with Gasteiger partial charge in [-0.2, -0.15) is 0 Å². The molecule has 3 nitrogen and oxygen atoms in total. The average molecular weight is 298 g/mol. The molecule has 0 saturated heterocycles. The van der Waals surface area contributed by atoms with Crippen molar-refractivity contribution >= 4 is 0 Å². The molecule has 0 spiro atoms. The fourth-order valence-electron chi connectivity index (χ4n) is 2.73. The van der Waals surface area contributed by atoms with Gasteiger partial charge >= 0.3 is 0 Å². The Kier molecular flexibility index (Phi) is 5.19. The molecule has 2 rings (SSSR count). The zero-order chi connectivity index (χ0) is 16.3. The summed E-state index contributed by atoms with van der Waals surface area (Å²) in [5.41, 5.74) is 5.49. The van der Waals surface area contributed by atoms with E-state index in [0.29, 0.717) is 12.5 Å². The summed E-state index contributed by atoms with van der Waals surface area (Å²) in [6, 6.07) is 8.02. The number of aromatic nitrogens is 1. The van der Waals surface area contributed by atoms with E-state index in [1.807, 2.05) is 13.1 Å². The van der Waals surface area contributed by atoms with E-state index in [4.69, 9.17) is 0 Å². The summed E-state index contributed by atoms with van der Waals surface area (Å²) in [7, 11) is 0. The molecule has 0 aliphatic heterocycles. The van der Waals surface area contributed by atoms with Crippen molar-refractivity contribution in [1.29, 1.82) is 0 Å². The molecule has 0 unspecified atom stereocenters. The molecule has 0 atom stereocenters. The van der Waals surface area contributed by atoms with Gasteiger partial charge in [0.15, 0.2) is 5.43 Å². The quantitative estimate of drug-likeness (QED) is 0.916. The van der Waals surface area contributed by atoms with Crippen LogP contribution in [0.25, 0.3) is 5.69 Å². The van der Waals surface area contributed by atoms with Crippen molar-refractivity contribution < 1.29 is 0 Å². The minimum Gasteiger partial charge on any atom is -0.320 e. The molecule has 0 amide bonds. The van der Waals surface area contributed by atoms with Gasteiger partial charge in [-0.15, -0.1) is 0 Å². The number of hydrogen-bond acceptors (Lipinski definition) is 2. The van der Waals surface area contributed by atoms with Gasteiger partial charge < -0.3 is 9.88 Å². The monoisotopic (exact) mass is 298 g/mol. The number of benzene rings is 1. The minimum absolute atomic E-state index is 0.108. The molecule has 1 heterocycles. The highest BCUT2D eigenvalue weighted by Crippen LogP contribution is 2.20. The zero-order valence-electron chi connectivity index (χ0n) is 14.2. The second-order valence-corrected chi connectivity index (χ2v) is 6.44. The van der Waals surface area contributed by atoms with Gasteiger partial charge in [-0.05, 0) is 44.4 Å². The van der Waals surface area contributed by atoms with Crippen LogP contribution in [0.5, 0.6) is 0 Å². The number of aryl methyl sites for hydroxylation is 3. The fourth-order valence-corrected chi connectivity index (χ4v) is 2.73. The molecule has 118 valence electrons. The SMILES string of the molecule is Cc1cccc(C)c1-n1cc(CNCC(C)C)c(=O)cc1C. The Balaban J connectivity index is 2.42. The summed E-state index contributed by atoms with van der Waals surface area (Å²) in [5, 5.41) is 3.36. The third kappa shape index (κ3) is 3.66. The van der Waals surface area contributed by atoms with Crippen molar-refractivity contribution in [2.75, 3.05) is 6.54 Å². The van der Waals surface area contributed by atoms with Crippen LogP contribution in [-0.4, -0.2) is 11.1 Å². The van der Waals surface area contributed by atoms with E-state index in [1.165, 1.54) is 16.8 Å². The number of hydrogen-bond donors (Lipinski definition) is 1. The molecule has 1 aromatic heterocycles. The average Bonchev–Trinajstić information content (AvgIpc) is 2.42. The maximum absolute atomic E-state index is 12.2. The van der Waals surface area contributed by atoms with Gasteiger partial charge in [-0.25, -0.2) is 0 Å². The summed E-state index contributed by atoms with van der Waals surface area (Å²) < 4.78 is 2.14. The lowest BCUT2D eigenvalue weighted by Gasteiger charge is -2.18. The van der Waals surface area contributed by atoms with Crippen molar-refractivity contribution in [3.05, 3.63) is 63.1 Å². The summed E-state index contributed by atoms with van der Waals surface area (Å²) in [6.45, 7) is 12.1. The first-order valence-electron chi connectivity index (χ1n) is 7.89. The molecule has 22 heavy (non-hydrogen) atoms. The van der Waals surface area contributed by atoms with Crippen LogP contribution in [0, 0.1) is 26.7 Å². The third-order valence-corrected chi connectivity index (χ3v) is 3.87. The van der Waals surface area contributed by atoms with Crippen LogP contribution >= 0.6 is 0 Å². The molecule has 3 heteroatoms. The zero-order valence-corrected chi connectivity index (χ0v) is 14.2. The lowest BCUT2D eigenvalue weighted by atomic mass is 10.1. The standard InChI is InChI=1S/C19H26N2O/c1-13(2)10-20-11-17-12-21(16(5)9-18(17)22)19-14(3)7-6-8-15(19)4/h6-9,12-13,20H,10-11H2,1-5H3. The molecule has 0 aliphatic rings. The van der Waals surface area contributed by atoms with E-state index in [2.05, 4.69) is 55.8 Å². The van der Waals surface area contributed by atoms with Gasteiger partial charge in [0.1, 0.15) is 0 Å². The Morgan fingerprint density at radius 3 is 2.36 bits per heavy atom. The van der Waals surface area contributed by atoms with Crippen molar-refractivity contribution in [1.82, 2.24) is 9.88 Å². The topological polar surface area (TPSA) is 34.0 Å². The van der Waals surface area contributed by atoms with Crippen LogP contribution in [0.15, 0.2) is 35.3 Å². The van der Waals surface area contributed by atoms with Crippen LogP contribution in [0.4, 0.5) is 0 Å². The first-order valence-corrected chi connectivity index (χ1v) is 7.89. The molecule has 0 saturated carbocycles. The Bertz CT molecular complexity index is 694. The van der Waals surface area contributed by atoms with Crippen LogP contribution in [0.2, 0.25) is 0 Å². The van der Waals surface area contributed by atoms with E-state index in [1.54, 1.807) is 6.07 Å². The Labute approximate surface area is 133 Å². The van der Waals surface area contributed by atoms with Gasteiger partial charge in [0.2, 0.25) is 0 Å². The van der Waals surface area contributed by atoms with Crippen molar-refractivity contribution in [3.63, 3.8) is 0 Å². The van der Waals surface area contributed by atoms with Crippen LogP contribution < -0.4 is 10.7 Å². The summed E-state index contributed by atoms with van der Waals surface area (Å²) in [4.78, 5) is 12.2. The Morgan fingerprint density at radius 2 is 1.77 bits per heavy atom. The lowest BCUT2D eigenvalue weighted by Crippen LogP contribution is -2.24. The fraction of sp³-hybridized carbons (Fsp3) is 0.421. The molecule has 2 aromatic rings. The second kappa shape index (κ2) is 6.93. The molecular formula is C19H26N2O. The van der Waals surface area contributed by atoms with Gasteiger partial charge in [0.05, 0.1) is 5.69 Å². The lowest BCUT2D eigenvalue weighted by molar-refractivity contribution is 0.550. The van der Waals surface area contributed by atoms with Crippen LogP contribution in [0.3, 0.4) is 0 Å². The molecule has 0 bridgehead atoms. The number of nitrogens with one attached hydrogen (secondary N) is 1. The van der Waals surface area contributed by atoms with Gasteiger partial charge in [-0.3, -0.25) is 4.79 Å². The maximum Gasteiger partial charge on any atom is 0.186 e. The normalized spacial score (nSPS) is 11.2. The summed E-state index contributed by atoms with van der Waals surface area (Å²) in [6.07, 6.45) is 1.99. The van der Waals surface area contributed by atoms with E-state index in [0.717, 1.165) is 17.8 Å². The van der Waals surface area contributed by atoms with Gasteiger partial charge in [0, 0.05) is 30.1 Å². The molecular weight excluding hydrogens is 272 g/mol. The molecule has 1 N–H and O–H groups in total. The third-order valence-electron chi connectivity index (χ3n) is 3.87. The number of pyridine rings is 1. The summed E-state index contributed by atoms with van der Waals surface area (Å²) >= 11 is 0. The smallest absolute Gasteiger partial charge is 0.186 e. The van der Waals surface area contributed by atoms with Crippen molar-refractivity contribution in [2.24, 2.45) is 5.92 Å². The second-order valence-electron chi connectivity index (χ2n) is 6.44. The van der Waals surface area contributed by atoms with Crippen molar-refractivity contribution in [2.45, 2.75) is 41.2 Å². The predicted molar refractivity (Wildman–Crippen MR) is 92.8 cm³/mol. The molecule has 0 radical (unpaired) electrons.